The van der Waals surface area contributed by atoms with E-state index in [1.54, 1.807) is 0 Å². The zero-order chi connectivity index (χ0) is 14.4. The molecule has 0 bridgehead atoms. The van der Waals surface area contributed by atoms with Gasteiger partial charge in [0.25, 0.3) is 0 Å². The maximum atomic E-state index is 4.37. The molecule has 20 heavy (non-hydrogen) atoms. The second-order valence-corrected chi connectivity index (χ2v) is 6.34. The first kappa shape index (κ1) is 15.6. The van der Waals surface area contributed by atoms with Crippen molar-refractivity contribution in [2.75, 3.05) is 12.3 Å². The maximum Gasteiger partial charge on any atom is 0.0587 e. The smallest absolute Gasteiger partial charge is 0.0587 e. The van der Waals surface area contributed by atoms with Gasteiger partial charge in [0.15, 0.2) is 0 Å². The van der Waals surface area contributed by atoms with Gasteiger partial charge >= 0.3 is 0 Å². The number of nitrogens with one attached hydrogen (secondary N) is 1. The molecular weight excluding hydrogens is 334 g/mol. The molecule has 2 rings (SSSR count). The summed E-state index contributed by atoms with van der Waals surface area (Å²) in [6.07, 6.45) is 1.88. The van der Waals surface area contributed by atoms with Gasteiger partial charge in [0.05, 0.1) is 11.7 Å². The van der Waals surface area contributed by atoms with Gasteiger partial charge in [-0.3, -0.25) is 4.68 Å². The molecule has 0 saturated heterocycles. The monoisotopic (exact) mass is 353 g/mol. The first-order valence-electron chi connectivity index (χ1n) is 6.88. The summed E-state index contributed by atoms with van der Waals surface area (Å²) in [6, 6.07) is 10.8. The van der Waals surface area contributed by atoms with Crippen LogP contribution in [0.4, 0.5) is 0 Å². The highest BCUT2D eigenvalue weighted by atomic mass is 79.9. The van der Waals surface area contributed by atoms with Gasteiger partial charge in [0.1, 0.15) is 0 Å². The molecule has 1 unspecified atom stereocenters. The van der Waals surface area contributed by atoms with E-state index in [0.717, 1.165) is 23.3 Å². The lowest BCUT2D eigenvalue weighted by Gasteiger charge is -2.19. The van der Waals surface area contributed by atoms with Crippen LogP contribution >= 0.6 is 27.7 Å². The third-order valence-electron chi connectivity index (χ3n) is 3.10. The number of rotatable bonds is 7. The molecule has 0 fully saturated rings. The topological polar surface area (TPSA) is 29.9 Å². The predicted molar refractivity (Wildman–Crippen MR) is 89.2 cm³/mol. The van der Waals surface area contributed by atoms with E-state index in [1.807, 2.05) is 24.0 Å². The molecule has 0 amide bonds. The van der Waals surface area contributed by atoms with Crippen molar-refractivity contribution in [2.45, 2.75) is 31.3 Å². The predicted octanol–water partition coefficient (Wildman–Crippen LogP) is 4.11. The second-order valence-electron chi connectivity index (χ2n) is 4.42. The molecule has 0 aliphatic carbocycles. The van der Waals surface area contributed by atoms with Gasteiger partial charge in [-0.25, -0.2) is 0 Å². The zero-order valence-corrected chi connectivity index (χ0v) is 14.2. The molecule has 1 aromatic carbocycles. The highest BCUT2D eigenvalue weighted by Gasteiger charge is 2.15. The van der Waals surface area contributed by atoms with Gasteiger partial charge in [-0.1, -0.05) is 19.1 Å². The minimum Gasteiger partial charge on any atom is -0.308 e. The van der Waals surface area contributed by atoms with Crippen LogP contribution in [0.3, 0.4) is 0 Å². The molecular formula is C15H20BrN3S. The van der Waals surface area contributed by atoms with Crippen molar-refractivity contribution >= 4 is 27.7 Å². The van der Waals surface area contributed by atoms with Gasteiger partial charge in [-0.05, 0) is 47.6 Å². The van der Waals surface area contributed by atoms with Gasteiger partial charge in [0, 0.05) is 27.9 Å². The molecule has 0 radical (unpaired) electrons. The average molecular weight is 354 g/mol. The van der Waals surface area contributed by atoms with Crippen molar-refractivity contribution in [3.8, 4) is 0 Å². The summed E-state index contributed by atoms with van der Waals surface area (Å²) in [6.45, 7) is 6.13. The Morgan fingerprint density at radius 1 is 1.30 bits per heavy atom. The summed E-state index contributed by atoms with van der Waals surface area (Å²) >= 11 is 5.47. The third-order valence-corrected chi connectivity index (χ3v) is 5.22. The molecule has 0 aliphatic rings. The molecule has 5 heteroatoms. The van der Waals surface area contributed by atoms with E-state index in [1.165, 1.54) is 10.6 Å². The fourth-order valence-electron chi connectivity index (χ4n) is 2.13. The van der Waals surface area contributed by atoms with E-state index in [2.05, 4.69) is 69.1 Å². The first-order chi connectivity index (χ1) is 9.76. The van der Waals surface area contributed by atoms with Crippen molar-refractivity contribution in [3.05, 3.63) is 46.7 Å². The summed E-state index contributed by atoms with van der Waals surface area (Å²) in [4.78, 5) is 1.28. The van der Waals surface area contributed by atoms with E-state index in [4.69, 9.17) is 0 Å². The number of aromatic nitrogens is 2. The number of hydrogen-bond donors (Lipinski definition) is 1. The molecule has 1 N–H and O–H groups in total. The minimum absolute atomic E-state index is 0.319. The molecule has 108 valence electrons. The summed E-state index contributed by atoms with van der Waals surface area (Å²) in [5.74, 6) is 0.988. The van der Waals surface area contributed by atoms with E-state index in [0.29, 0.717) is 6.04 Å². The lowest BCUT2D eigenvalue weighted by Crippen LogP contribution is -2.25. The Morgan fingerprint density at radius 3 is 2.80 bits per heavy atom. The largest absolute Gasteiger partial charge is 0.308 e. The highest BCUT2D eigenvalue weighted by molar-refractivity contribution is 9.10. The van der Waals surface area contributed by atoms with Crippen LogP contribution in [-0.2, 0) is 6.54 Å². The Hall–Kier alpha value is -0.780. The van der Waals surface area contributed by atoms with Crippen molar-refractivity contribution < 1.29 is 0 Å². The van der Waals surface area contributed by atoms with Gasteiger partial charge in [-0.2, -0.15) is 5.10 Å². The van der Waals surface area contributed by atoms with Crippen LogP contribution in [0, 0.1) is 0 Å². The Balaban J connectivity index is 2.08. The number of thioether (sulfide) groups is 1. The summed E-state index contributed by atoms with van der Waals surface area (Å²) in [7, 11) is 0. The lowest BCUT2D eigenvalue weighted by atomic mass is 10.2. The quantitative estimate of drug-likeness (QED) is 0.759. The van der Waals surface area contributed by atoms with Crippen molar-refractivity contribution in [1.82, 2.24) is 15.1 Å². The van der Waals surface area contributed by atoms with Crippen molar-refractivity contribution in [2.24, 2.45) is 0 Å². The molecule has 0 aliphatic heterocycles. The Morgan fingerprint density at radius 2 is 2.10 bits per heavy atom. The van der Waals surface area contributed by atoms with Crippen LogP contribution < -0.4 is 5.32 Å². The third kappa shape index (κ3) is 3.87. The highest BCUT2D eigenvalue weighted by Crippen LogP contribution is 2.30. The van der Waals surface area contributed by atoms with Crippen molar-refractivity contribution in [1.29, 1.82) is 0 Å². The van der Waals surface area contributed by atoms with Crippen LogP contribution in [0.2, 0.25) is 0 Å². The fourth-order valence-corrected chi connectivity index (χ4v) is 3.78. The summed E-state index contributed by atoms with van der Waals surface area (Å²) < 4.78 is 3.22. The van der Waals surface area contributed by atoms with E-state index < -0.39 is 0 Å². The van der Waals surface area contributed by atoms with Crippen LogP contribution in [0.1, 0.15) is 25.6 Å². The molecule has 1 atom stereocenters. The molecule has 3 nitrogen and oxygen atoms in total. The lowest BCUT2D eigenvalue weighted by molar-refractivity contribution is 0.527. The number of nitrogens with zero attached hydrogens (tertiary/aromatic N) is 2. The van der Waals surface area contributed by atoms with Crippen molar-refractivity contribution in [3.63, 3.8) is 0 Å². The zero-order valence-electron chi connectivity index (χ0n) is 11.8. The number of aryl methyl sites for hydroxylation is 1. The van der Waals surface area contributed by atoms with Crippen LogP contribution in [-0.4, -0.2) is 22.1 Å². The van der Waals surface area contributed by atoms with Gasteiger partial charge in [0.2, 0.25) is 0 Å². The summed E-state index contributed by atoms with van der Waals surface area (Å²) in [5.41, 5.74) is 1.26. The van der Waals surface area contributed by atoms with E-state index >= 15 is 0 Å². The van der Waals surface area contributed by atoms with Gasteiger partial charge < -0.3 is 5.32 Å². The van der Waals surface area contributed by atoms with E-state index in [-0.39, 0.29) is 0 Å². The van der Waals surface area contributed by atoms with Crippen LogP contribution in [0.5, 0.6) is 0 Å². The first-order valence-corrected chi connectivity index (χ1v) is 8.66. The standard InChI is InChI=1S/C15H20BrN3S/c1-3-17-13(14-9-10-18-19(14)4-2)11-20-15-8-6-5-7-12(15)16/h5-10,13,17H,3-4,11H2,1-2H3. The van der Waals surface area contributed by atoms with E-state index in [9.17, 15) is 0 Å². The maximum absolute atomic E-state index is 4.37. The number of hydrogen-bond acceptors (Lipinski definition) is 3. The molecule has 1 heterocycles. The second kappa shape index (κ2) is 7.86. The molecule has 0 saturated carbocycles. The fraction of sp³-hybridized carbons (Fsp3) is 0.400. The van der Waals surface area contributed by atoms with Crippen LogP contribution in [0.25, 0.3) is 0 Å². The molecule has 2 aromatic rings. The van der Waals surface area contributed by atoms with Crippen LogP contribution in [0.15, 0.2) is 45.9 Å². The Kier molecular flexibility index (Phi) is 6.13. The minimum atomic E-state index is 0.319. The SMILES string of the molecule is CCNC(CSc1ccccc1Br)c1ccnn1CC. The molecule has 0 spiro atoms. The van der Waals surface area contributed by atoms with Gasteiger partial charge in [-0.15, -0.1) is 11.8 Å². The number of halogens is 1. The number of benzene rings is 1. The molecule has 1 aromatic heterocycles. The average Bonchev–Trinajstić information content (AvgIpc) is 2.93. The Labute approximate surface area is 133 Å². The summed E-state index contributed by atoms with van der Waals surface area (Å²) in [5, 5.41) is 7.92. The Bertz CT molecular complexity index is 541. The normalized spacial score (nSPS) is 12.6.